The van der Waals surface area contributed by atoms with Crippen LogP contribution in [0.3, 0.4) is 0 Å². The maximum absolute atomic E-state index is 13.6. The Morgan fingerprint density at radius 3 is 2.66 bits per heavy atom. The van der Waals surface area contributed by atoms with Gasteiger partial charge >= 0.3 is 5.69 Å². The molecular formula is C25H35N5O5. The third kappa shape index (κ3) is 5.07. The molecule has 1 amide bonds. The summed E-state index contributed by atoms with van der Waals surface area (Å²) in [6, 6.07) is 5.55. The van der Waals surface area contributed by atoms with Gasteiger partial charge in [0.15, 0.2) is 17.2 Å². The van der Waals surface area contributed by atoms with Crippen LogP contribution in [0.15, 0.2) is 27.8 Å². The van der Waals surface area contributed by atoms with Crippen molar-refractivity contribution >= 4 is 17.4 Å². The van der Waals surface area contributed by atoms with Crippen LogP contribution in [0, 0.1) is 0 Å². The molecule has 1 aromatic carbocycles. The average molecular weight is 486 g/mol. The molecular weight excluding hydrogens is 450 g/mol. The third-order valence-corrected chi connectivity index (χ3v) is 6.92. The Morgan fingerprint density at radius 2 is 1.94 bits per heavy atom. The minimum atomic E-state index is -0.629. The van der Waals surface area contributed by atoms with E-state index in [0.717, 1.165) is 44.1 Å². The quantitative estimate of drug-likeness (QED) is 0.497. The highest BCUT2D eigenvalue weighted by atomic mass is 16.7. The summed E-state index contributed by atoms with van der Waals surface area (Å²) in [7, 11) is 0. The lowest BCUT2D eigenvalue weighted by molar-refractivity contribution is -0.118. The molecule has 0 radical (unpaired) electrons. The standard InChI is InChI=1S/C25H35N5O5/c1-4-5-12-29-22(26)21(23(32)28-24(29)33)30(17-8-6-7-9-17)20(31)14-27-25(2,3)16-10-11-18-19(13-16)35-15-34-18/h10-11,13,17,27H,4-9,12,14-15,26H2,1-3H3,(H,28,32,33). The van der Waals surface area contributed by atoms with E-state index < -0.39 is 16.8 Å². The number of nitrogen functional groups attached to an aromatic ring is 1. The molecule has 2 heterocycles. The second-order valence-corrected chi connectivity index (χ2v) is 9.75. The van der Waals surface area contributed by atoms with Crippen molar-refractivity contribution in [1.82, 2.24) is 14.9 Å². The number of unbranched alkanes of at least 4 members (excludes halogenated alkanes) is 1. The molecule has 4 rings (SSSR count). The molecule has 0 unspecified atom stereocenters. The van der Waals surface area contributed by atoms with Gasteiger partial charge < -0.3 is 20.1 Å². The highest BCUT2D eigenvalue weighted by molar-refractivity contribution is 5.97. The van der Waals surface area contributed by atoms with Gasteiger partial charge in [-0.15, -0.1) is 0 Å². The second kappa shape index (κ2) is 10.2. The molecule has 1 aliphatic heterocycles. The molecule has 1 aromatic heterocycles. The van der Waals surface area contributed by atoms with Gasteiger partial charge in [0.05, 0.1) is 6.54 Å². The number of benzene rings is 1. The van der Waals surface area contributed by atoms with Gasteiger partial charge in [0.2, 0.25) is 12.7 Å². The normalized spacial score (nSPS) is 15.5. The van der Waals surface area contributed by atoms with Crippen LogP contribution in [0.4, 0.5) is 11.5 Å². The van der Waals surface area contributed by atoms with E-state index in [9.17, 15) is 14.4 Å². The van der Waals surface area contributed by atoms with Gasteiger partial charge in [-0.1, -0.05) is 32.3 Å². The maximum atomic E-state index is 13.6. The summed E-state index contributed by atoms with van der Waals surface area (Å²) in [4.78, 5) is 42.9. The zero-order valence-corrected chi connectivity index (χ0v) is 20.7. The summed E-state index contributed by atoms with van der Waals surface area (Å²) in [6.45, 7) is 6.53. The number of ether oxygens (including phenoxy) is 2. The summed E-state index contributed by atoms with van der Waals surface area (Å²) >= 11 is 0. The molecule has 0 spiro atoms. The summed E-state index contributed by atoms with van der Waals surface area (Å²) in [5.41, 5.74) is 5.63. The number of hydrogen-bond donors (Lipinski definition) is 3. The lowest BCUT2D eigenvalue weighted by atomic mass is 9.94. The number of carbonyl (C=O) groups excluding carboxylic acids is 1. The van der Waals surface area contributed by atoms with Crippen LogP contribution in [-0.2, 0) is 16.9 Å². The Labute approximate surface area is 204 Å². The molecule has 2 aliphatic rings. The fourth-order valence-corrected chi connectivity index (χ4v) is 4.79. The molecule has 10 heteroatoms. The van der Waals surface area contributed by atoms with Crippen molar-refractivity contribution in [2.45, 2.75) is 77.4 Å². The van der Waals surface area contributed by atoms with Crippen molar-refractivity contribution in [3.63, 3.8) is 0 Å². The van der Waals surface area contributed by atoms with Gasteiger partial charge in [0, 0.05) is 18.1 Å². The second-order valence-electron chi connectivity index (χ2n) is 9.75. The van der Waals surface area contributed by atoms with Gasteiger partial charge in [-0.25, -0.2) is 4.79 Å². The lowest BCUT2D eigenvalue weighted by Crippen LogP contribution is -2.50. The first-order valence-electron chi connectivity index (χ1n) is 12.3. The molecule has 1 saturated carbocycles. The van der Waals surface area contributed by atoms with Crippen molar-refractivity contribution < 1.29 is 14.3 Å². The molecule has 2 aromatic rings. The predicted molar refractivity (Wildman–Crippen MR) is 134 cm³/mol. The smallest absolute Gasteiger partial charge is 0.330 e. The number of carbonyl (C=O) groups is 1. The topological polar surface area (TPSA) is 132 Å². The summed E-state index contributed by atoms with van der Waals surface area (Å²) in [5, 5.41) is 3.33. The zero-order chi connectivity index (χ0) is 25.2. The number of aromatic amines is 1. The lowest BCUT2D eigenvalue weighted by Gasteiger charge is -2.32. The summed E-state index contributed by atoms with van der Waals surface area (Å²) in [5.74, 6) is 1.15. The minimum absolute atomic E-state index is 0.00902. The van der Waals surface area contributed by atoms with Crippen molar-refractivity contribution in [3.8, 4) is 11.5 Å². The molecule has 1 fully saturated rings. The highest BCUT2D eigenvalue weighted by Gasteiger charge is 2.33. The van der Waals surface area contributed by atoms with E-state index in [1.807, 2.05) is 39.0 Å². The predicted octanol–water partition coefficient (Wildman–Crippen LogP) is 2.45. The fourth-order valence-electron chi connectivity index (χ4n) is 4.79. The van der Waals surface area contributed by atoms with E-state index in [1.54, 1.807) is 0 Å². The maximum Gasteiger partial charge on any atom is 0.330 e. The van der Waals surface area contributed by atoms with Crippen molar-refractivity contribution in [2.75, 3.05) is 24.0 Å². The van der Waals surface area contributed by atoms with Crippen LogP contribution in [0.25, 0.3) is 0 Å². The van der Waals surface area contributed by atoms with Gasteiger partial charge in [0.1, 0.15) is 5.82 Å². The summed E-state index contributed by atoms with van der Waals surface area (Å²) < 4.78 is 12.2. The van der Waals surface area contributed by atoms with Crippen LogP contribution in [0.5, 0.6) is 11.5 Å². The van der Waals surface area contributed by atoms with Crippen molar-refractivity contribution in [2.24, 2.45) is 0 Å². The Balaban J connectivity index is 1.61. The van der Waals surface area contributed by atoms with E-state index in [-0.39, 0.29) is 36.8 Å². The SMILES string of the molecule is CCCCn1c(N)c(N(C(=O)CNC(C)(C)c2ccc3c(c2)OCO3)C2CCCC2)c(=O)[nH]c1=O. The Hall–Kier alpha value is -3.27. The molecule has 0 bridgehead atoms. The monoisotopic (exact) mass is 485 g/mol. The number of H-pyrrole nitrogens is 1. The largest absolute Gasteiger partial charge is 0.454 e. The molecule has 4 N–H and O–H groups in total. The van der Waals surface area contributed by atoms with Crippen molar-refractivity contribution in [1.29, 1.82) is 0 Å². The average Bonchev–Trinajstić information content (AvgIpc) is 3.51. The van der Waals surface area contributed by atoms with Gasteiger partial charge in [0.25, 0.3) is 5.56 Å². The van der Waals surface area contributed by atoms with Gasteiger partial charge in [-0.2, -0.15) is 0 Å². The zero-order valence-electron chi connectivity index (χ0n) is 20.7. The first-order valence-corrected chi connectivity index (χ1v) is 12.3. The Kier molecular flexibility index (Phi) is 7.20. The van der Waals surface area contributed by atoms with Gasteiger partial charge in [-0.05, 0) is 50.8 Å². The van der Waals surface area contributed by atoms with Crippen LogP contribution >= 0.6 is 0 Å². The molecule has 1 aliphatic carbocycles. The molecule has 35 heavy (non-hydrogen) atoms. The third-order valence-electron chi connectivity index (χ3n) is 6.92. The minimum Gasteiger partial charge on any atom is -0.454 e. The highest BCUT2D eigenvalue weighted by Crippen LogP contribution is 2.36. The van der Waals surface area contributed by atoms with Crippen LogP contribution in [-0.4, -0.2) is 34.8 Å². The van der Waals surface area contributed by atoms with Crippen molar-refractivity contribution in [3.05, 3.63) is 44.6 Å². The molecule has 0 atom stereocenters. The number of anilines is 2. The molecule has 0 saturated heterocycles. The summed E-state index contributed by atoms with van der Waals surface area (Å²) in [6.07, 6.45) is 5.10. The molecule has 10 nitrogen and oxygen atoms in total. The number of nitrogens with one attached hydrogen (secondary N) is 2. The fraction of sp³-hybridized carbons (Fsp3) is 0.560. The van der Waals surface area contributed by atoms with Crippen LogP contribution in [0.2, 0.25) is 0 Å². The number of fused-ring (bicyclic) bond motifs is 1. The number of rotatable bonds is 9. The van der Waals surface area contributed by atoms with E-state index >= 15 is 0 Å². The van der Waals surface area contributed by atoms with Gasteiger partial charge in [-0.3, -0.25) is 24.5 Å². The van der Waals surface area contributed by atoms with E-state index in [1.165, 1.54) is 9.47 Å². The van der Waals surface area contributed by atoms with E-state index in [2.05, 4.69) is 10.3 Å². The van der Waals surface area contributed by atoms with E-state index in [4.69, 9.17) is 15.2 Å². The first-order chi connectivity index (χ1) is 16.7. The first kappa shape index (κ1) is 24.8. The van der Waals surface area contributed by atoms with E-state index in [0.29, 0.717) is 18.0 Å². The Bertz CT molecular complexity index is 1200. The molecule has 190 valence electrons. The Morgan fingerprint density at radius 1 is 1.23 bits per heavy atom. The number of aromatic nitrogens is 2. The number of nitrogens with two attached hydrogens (primary N) is 1. The number of hydrogen-bond acceptors (Lipinski definition) is 7. The number of nitrogens with zero attached hydrogens (tertiary/aromatic N) is 2. The van der Waals surface area contributed by atoms with Crippen LogP contribution in [0.1, 0.15) is 64.9 Å². The van der Waals surface area contributed by atoms with Crippen LogP contribution < -0.4 is 36.7 Å². The number of amides is 1.